The van der Waals surface area contributed by atoms with Gasteiger partial charge in [-0.1, -0.05) is 23.8 Å². The molecule has 0 heterocycles. The highest BCUT2D eigenvalue weighted by Crippen LogP contribution is 2.26. The van der Waals surface area contributed by atoms with Crippen molar-refractivity contribution >= 4 is 31.6 Å². The van der Waals surface area contributed by atoms with Crippen molar-refractivity contribution < 1.29 is 8.42 Å². The number of hydrogen-bond acceptors (Lipinski definition) is 2. The molecule has 0 aliphatic carbocycles. The monoisotopic (exact) mass is 339 g/mol. The van der Waals surface area contributed by atoms with Gasteiger partial charge in [0, 0.05) is 4.47 Å². The van der Waals surface area contributed by atoms with E-state index in [0.29, 0.717) is 5.69 Å². The van der Waals surface area contributed by atoms with E-state index in [4.69, 9.17) is 0 Å². The van der Waals surface area contributed by atoms with Crippen LogP contribution in [0.15, 0.2) is 51.8 Å². The highest BCUT2D eigenvalue weighted by Gasteiger charge is 2.15. The summed E-state index contributed by atoms with van der Waals surface area (Å²) in [5.41, 5.74) is 2.62. The third-order valence-electron chi connectivity index (χ3n) is 2.70. The van der Waals surface area contributed by atoms with Crippen LogP contribution in [0.25, 0.3) is 0 Å². The number of nitrogens with one attached hydrogen (secondary N) is 1. The minimum Gasteiger partial charge on any atom is -0.278 e. The van der Waals surface area contributed by atoms with Crippen LogP contribution in [-0.4, -0.2) is 8.42 Å². The van der Waals surface area contributed by atoms with E-state index >= 15 is 0 Å². The molecule has 0 spiro atoms. The lowest BCUT2D eigenvalue weighted by atomic mass is 10.2. The van der Waals surface area contributed by atoms with E-state index in [1.54, 1.807) is 30.3 Å². The van der Waals surface area contributed by atoms with Crippen LogP contribution in [-0.2, 0) is 10.0 Å². The minimum atomic E-state index is -3.55. The second kappa shape index (κ2) is 5.35. The Bertz CT molecular complexity index is 694. The first-order chi connectivity index (χ1) is 8.88. The van der Waals surface area contributed by atoms with Gasteiger partial charge in [0.05, 0.1) is 10.6 Å². The maximum Gasteiger partial charge on any atom is 0.261 e. The fourth-order valence-electron chi connectivity index (χ4n) is 1.62. The third-order valence-corrected chi connectivity index (χ3v) is 4.74. The van der Waals surface area contributed by atoms with E-state index in [-0.39, 0.29) is 4.90 Å². The summed E-state index contributed by atoms with van der Waals surface area (Å²) in [6.07, 6.45) is 0. The van der Waals surface area contributed by atoms with Crippen LogP contribution in [0.2, 0.25) is 0 Å². The van der Waals surface area contributed by atoms with Crippen LogP contribution in [0.3, 0.4) is 0 Å². The van der Waals surface area contributed by atoms with Crippen molar-refractivity contribution in [2.24, 2.45) is 0 Å². The molecule has 0 saturated heterocycles. The number of benzene rings is 2. The van der Waals surface area contributed by atoms with Gasteiger partial charge in [0.1, 0.15) is 0 Å². The molecule has 100 valence electrons. The third kappa shape index (κ3) is 3.36. The van der Waals surface area contributed by atoms with Gasteiger partial charge in [-0.25, -0.2) is 8.42 Å². The zero-order valence-corrected chi connectivity index (χ0v) is 13.0. The summed E-state index contributed by atoms with van der Waals surface area (Å²) in [4.78, 5) is 0.255. The summed E-state index contributed by atoms with van der Waals surface area (Å²) in [7, 11) is -3.55. The van der Waals surface area contributed by atoms with E-state index in [2.05, 4.69) is 20.7 Å². The van der Waals surface area contributed by atoms with E-state index in [0.717, 1.165) is 15.6 Å². The molecule has 2 aromatic carbocycles. The number of sulfonamides is 1. The van der Waals surface area contributed by atoms with Crippen LogP contribution >= 0.6 is 15.9 Å². The molecule has 3 nitrogen and oxygen atoms in total. The van der Waals surface area contributed by atoms with Gasteiger partial charge in [0.15, 0.2) is 0 Å². The second-order valence-electron chi connectivity index (χ2n) is 4.40. The van der Waals surface area contributed by atoms with E-state index in [1.807, 2.05) is 26.0 Å². The van der Waals surface area contributed by atoms with Crippen molar-refractivity contribution in [3.63, 3.8) is 0 Å². The lowest BCUT2D eigenvalue weighted by Gasteiger charge is -2.10. The Labute approximate surface area is 121 Å². The molecule has 1 N–H and O–H groups in total. The van der Waals surface area contributed by atoms with Gasteiger partial charge in [0.2, 0.25) is 0 Å². The zero-order valence-electron chi connectivity index (χ0n) is 10.6. The highest BCUT2D eigenvalue weighted by atomic mass is 79.9. The van der Waals surface area contributed by atoms with Crippen molar-refractivity contribution in [3.8, 4) is 0 Å². The van der Waals surface area contributed by atoms with E-state index < -0.39 is 10.0 Å². The van der Waals surface area contributed by atoms with Crippen LogP contribution in [0, 0.1) is 13.8 Å². The van der Waals surface area contributed by atoms with Crippen molar-refractivity contribution in [1.29, 1.82) is 0 Å². The molecule has 19 heavy (non-hydrogen) atoms. The number of hydrogen-bond donors (Lipinski definition) is 1. The summed E-state index contributed by atoms with van der Waals surface area (Å²) in [5, 5.41) is 0. The van der Waals surface area contributed by atoms with E-state index in [9.17, 15) is 8.42 Å². The van der Waals surface area contributed by atoms with Crippen LogP contribution in [0.5, 0.6) is 0 Å². The number of rotatable bonds is 3. The molecule has 2 rings (SSSR count). The molecule has 0 radical (unpaired) electrons. The predicted molar refractivity (Wildman–Crippen MR) is 80.9 cm³/mol. The van der Waals surface area contributed by atoms with Crippen molar-refractivity contribution in [2.75, 3.05) is 4.72 Å². The molecule has 0 fully saturated rings. The minimum absolute atomic E-state index is 0.255. The summed E-state index contributed by atoms with van der Waals surface area (Å²) >= 11 is 3.36. The molecule has 0 unspecified atom stereocenters. The molecule has 0 saturated carbocycles. The molecule has 0 aromatic heterocycles. The van der Waals surface area contributed by atoms with E-state index in [1.165, 1.54) is 0 Å². The van der Waals surface area contributed by atoms with Gasteiger partial charge in [-0.15, -0.1) is 0 Å². The maximum atomic E-state index is 12.2. The standard InChI is InChI=1S/C14H14BrNO2S/c1-10-3-6-12(7-4-10)19(17,18)16-14-8-5-11(2)9-13(14)15/h3-9,16H,1-2H3. The molecule has 0 atom stereocenters. The Morgan fingerprint density at radius 1 is 0.947 bits per heavy atom. The average molecular weight is 340 g/mol. The quantitative estimate of drug-likeness (QED) is 0.922. The smallest absolute Gasteiger partial charge is 0.261 e. The topological polar surface area (TPSA) is 46.2 Å². The summed E-state index contributed by atoms with van der Waals surface area (Å²) in [6, 6.07) is 12.2. The summed E-state index contributed by atoms with van der Waals surface area (Å²) < 4.78 is 27.7. The Morgan fingerprint density at radius 2 is 1.53 bits per heavy atom. The van der Waals surface area contributed by atoms with Crippen molar-refractivity contribution in [2.45, 2.75) is 18.7 Å². The van der Waals surface area contributed by atoms with Gasteiger partial charge in [-0.05, 0) is 59.6 Å². The lowest BCUT2D eigenvalue weighted by molar-refractivity contribution is 0.601. The van der Waals surface area contributed by atoms with Crippen molar-refractivity contribution in [3.05, 3.63) is 58.1 Å². The first-order valence-electron chi connectivity index (χ1n) is 5.74. The largest absolute Gasteiger partial charge is 0.278 e. The van der Waals surface area contributed by atoms with Gasteiger partial charge in [-0.3, -0.25) is 4.72 Å². The predicted octanol–water partition coefficient (Wildman–Crippen LogP) is 3.87. The SMILES string of the molecule is Cc1ccc(S(=O)(=O)Nc2ccc(C)cc2Br)cc1. The maximum absolute atomic E-state index is 12.2. The molecule has 0 aliphatic heterocycles. The molecule has 0 bridgehead atoms. The summed E-state index contributed by atoms with van der Waals surface area (Å²) in [6.45, 7) is 3.86. The summed E-state index contributed by atoms with van der Waals surface area (Å²) in [5.74, 6) is 0. The number of anilines is 1. The van der Waals surface area contributed by atoms with Crippen LogP contribution < -0.4 is 4.72 Å². The normalized spacial score (nSPS) is 11.3. The Balaban J connectivity index is 2.33. The highest BCUT2D eigenvalue weighted by molar-refractivity contribution is 9.10. The second-order valence-corrected chi connectivity index (χ2v) is 6.94. The van der Waals surface area contributed by atoms with Gasteiger partial charge < -0.3 is 0 Å². The number of aryl methyl sites for hydroxylation is 2. The molecule has 0 aliphatic rings. The lowest BCUT2D eigenvalue weighted by Crippen LogP contribution is -2.13. The average Bonchev–Trinajstić information content (AvgIpc) is 2.33. The van der Waals surface area contributed by atoms with Gasteiger partial charge >= 0.3 is 0 Å². The van der Waals surface area contributed by atoms with Gasteiger partial charge in [-0.2, -0.15) is 0 Å². The van der Waals surface area contributed by atoms with Crippen molar-refractivity contribution in [1.82, 2.24) is 0 Å². The first-order valence-corrected chi connectivity index (χ1v) is 8.02. The zero-order chi connectivity index (χ0) is 14.0. The molecular weight excluding hydrogens is 326 g/mol. The van der Waals surface area contributed by atoms with Crippen LogP contribution in [0.4, 0.5) is 5.69 Å². The Hall–Kier alpha value is -1.33. The molecule has 5 heteroatoms. The molecule has 0 amide bonds. The Morgan fingerprint density at radius 3 is 2.11 bits per heavy atom. The van der Waals surface area contributed by atoms with Gasteiger partial charge in [0.25, 0.3) is 10.0 Å². The van der Waals surface area contributed by atoms with Crippen LogP contribution in [0.1, 0.15) is 11.1 Å². The first kappa shape index (κ1) is 14.1. The fourth-order valence-corrected chi connectivity index (χ4v) is 3.43. The number of halogens is 1. The Kier molecular flexibility index (Phi) is 3.96. The molecule has 2 aromatic rings. The fraction of sp³-hybridized carbons (Fsp3) is 0.143. The molecular formula is C14H14BrNO2S.